The van der Waals surface area contributed by atoms with E-state index in [0.717, 1.165) is 31.9 Å². The van der Waals surface area contributed by atoms with Crippen LogP contribution in [0.2, 0.25) is 0 Å². The number of piperidine rings is 1. The molecule has 3 aliphatic rings. The highest BCUT2D eigenvalue weighted by Gasteiger charge is 2.26. The maximum absolute atomic E-state index is 5.89. The highest BCUT2D eigenvalue weighted by atomic mass is 32.1. The van der Waals surface area contributed by atoms with Crippen molar-refractivity contribution in [3.8, 4) is 5.88 Å². The number of hydrogen-bond acceptors (Lipinski definition) is 6. The van der Waals surface area contributed by atoms with E-state index < -0.39 is 0 Å². The van der Waals surface area contributed by atoms with E-state index in [9.17, 15) is 0 Å². The molecule has 6 heteroatoms. The summed E-state index contributed by atoms with van der Waals surface area (Å²) in [5.41, 5.74) is 2.50. The molecule has 3 heterocycles. The zero-order chi connectivity index (χ0) is 17.3. The van der Waals surface area contributed by atoms with Gasteiger partial charge in [-0.25, -0.2) is 4.98 Å². The minimum absolute atomic E-state index is 0.623. The lowest BCUT2D eigenvalue weighted by atomic mass is 9.98. The Morgan fingerprint density at radius 1 is 1.08 bits per heavy atom. The second-order valence-corrected chi connectivity index (χ2v) is 9.10. The molecule has 2 aliphatic carbocycles. The number of ether oxygens (including phenoxy) is 1. The van der Waals surface area contributed by atoms with Crippen LogP contribution in [0, 0.1) is 5.92 Å². The van der Waals surface area contributed by atoms with Crippen LogP contribution in [0.3, 0.4) is 0 Å². The number of thiazole rings is 1. The minimum atomic E-state index is 0.623. The molecule has 1 saturated carbocycles. The van der Waals surface area contributed by atoms with E-state index in [1.165, 1.54) is 60.5 Å². The number of likely N-dealkylation sites (tertiary alicyclic amines) is 1. The van der Waals surface area contributed by atoms with Crippen LogP contribution in [-0.2, 0) is 19.4 Å². The molecule has 0 aromatic carbocycles. The molecule has 138 valence electrons. The summed E-state index contributed by atoms with van der Waals surface area (Å²) in [5.74, 6) is 1.95. The molecular weight excluding hydrogens is 344 g/mol. The molecule has 5 nitrogen and oxygen atoms in total. The van der Waals surface area contributed by atoms with Crippen molar-refractivity contribution >= 4 is 11.3 Å². The van der Waals surface area contributed by atoms with Crippen molar-refractivity contribution in [3.63, 3.8) is 0 Å². The Morgan fingerprint density at radius 2 is 1.96 bits per heavy atom. The first-order chi connectivity index (χ1) is 12.8. The van der Waals surface area contributed by atoms with Crippen LogP contribution in [0.4, 0.5) is 0 Å². The molecule has 5 rings (SSSR count). The molecule has 26 heavy (non-hydrogen) atoms. The molecule has 2 fully saturated rings. The van der Waals surface area contributed by atoms with Crippen LogP contribution >= 0.6 is 11.3 Å². The summed E-state index contributed by atoms with van der Waals surface area (Å²) in [6, 6.07) is 4.06. The Kier molecular flexibility index (Phi) is 4.63. The molecule has 1 saturated heterocycles. The Bertz CT molecular complexity index is 726. The van der Waals surface area contributed by atoms with Gasteiger partial charge in [0.05, 0.1) is 24.5 Å². The molecule has 0 atom stereocenters. The number of nitrogens with zero attached hydrogens (tertiary/aromatic N) is 4. The highest BCUT2D eigenvalue weighted by Crippen LogP contribution is 2.38. The van der Waals surface area contributed by atoms with Crippen molar-refractivity contribution in [1.82, 2.24) is 20.1 Å². The van der Waals surface area contributed by atoms with Gasteiger partial charge in [0.15, 0.2) is 0 Å². The van der Waals surface area contributed by atoms with Crippen LogP contribution in [0.25, 0.3) is 0 Å². The monoisotopic (exact) mass is 370 g/mol. The molecule has 2 aromatic rings. The first kappa shape index (κ1) is 16.6. The molecule has 0 bridgehead atoms. The van der Waals surface area contributed by atoms with E-state index >= 15 is 0 Å². The van der Waals surface area contributed by atoms with E-state index in [0.29, 0.717) is 17.7 Å². The summed E-state index contributed by atoms with van der Waals surface area (Å²) in [6.45, 7) is 4.07. The summed E-state index contributed by atoms with van der Waals surface area (Å²) in [5, 5.41) is 9.84. The van der Waals surface area contributed by atoms with E-state index in [2.05, 4.69) is 21.2 Å². The molecular formula is C20H26N4OS. The fourth-order valence-electron chi connectivity index (χ4n) is 4.02. The first-order valence-corrected chi connectivity index (χ1v) is 10.8. The summed E-state index contributed by atoms with van der Waals surface area (Å²) in [7, 11) is 0. The predicted octanol–water partition coefficient (Wildman–Crippen LogP) is 3.59. The third-order valence-electron chi connectivity index (χ3n) is 5.83. The second kappa shape index (κ2) is 7.24. The fraction of sp³-hybridized carbons (Fsp3) is 0.650. The topological polar surface area (TPSA) is 51.1 Å². The van der Waals surface area contributed by atoms with E-state index in [1.807, 2.05) is 17.4 Å². The van der Waals surface area contributed by atoms with Gasteiger partial charge in [0.1, 0.15) is 5.01 Å². The quantitative estimate of drug-likeness (QED) is 0.778. The molecule has 0 radical (unpaired) electrons. The van der Waals surface area contributed by atoms with Crippen molar-refractivity contribution in [2.24, 2.45) is 5.92 Å². The molecule has 2 aromatic heterocycles. The van der Waals surface area contributed by atoms with Crippen molar-refractivity contribution in [3.05, 3.63) is 33.4 Å². The summed E-state index contributed by atoms with van der Waals surface area (Å²) < 4.78 is 5.89. The first-order valence-electron chi connectivity index (χ1n) is 10.00. The van der Waals surface area contributed by atoms with E-state index in [1.54, 1.807) is 0 Å². The summed E-state index contributed by atoms with van der Waals surface area (Å²) in [6.07, 6.45) is 8.64. The highest BCUT2D eigenvalue weighted by molar-refractivity contribution is 7.11. The van der Waals surface area contributed by atoms with E-state index in [-0.39, 0.29) is 0 Å². The lowest BCUT2D eigenvalue weighted by Crippen LogP contribution is -2.35. The van der Waals surface area contributed by atoms with Crippen LogP contribution in [0.15, 0.2) is 12.1 Å². The minimum Gasteiger partial charge on any atom is -0.476 e. The number of aryl methyl sites for hydroxylation is 2. The van der Waals surface area contributed by atoms with Gasteiger partial charge in [0.25, 0.3) is 0 Å². The molecule has 0 spiro atoms. The van der Waals surface area contributed by atoms with Crippen LogP contribution in [-0.4, -0.2) is 39.8 Å². The SMILES string of the molecule is c1cc(C2CC2)nnc1OCC1CCN(Cc2nc3c(s2)CCC3)CC1. The second-order valence-electron chi connectivity index (χ2n) is 7.93. The van der Waals surface area contributed by atoms with Gasteiger partial charge < -0.3 is 4.74 Å². The molecule has 0 amide bonds. The van der Waals surface area contributed by atoms with Gasteiger partial charge in [-0.1, -0.05) is 0 Å². The largest absolute Gasteiger partial charge is 0.476 e. The maximum atomic E-state index is 5.89. The van der Waals surface area contributed by atoms with Gasteiger partial charge in [0.2, 0.25) is 5.88 Å². The number of hydrogen-bond donors (Lipinski definition) is 0. The van der Waals surface area contributed by atoms with Crippen molar-refractivity contribution in [1.29, 1.82) is 0 Å². The predicted molar refractivity (Wildman–Crippen MR) is 102 cm³/mol. The zero-order valence-electron chi connectivity index (χ0n) is 15.2. The maximum Gasteiger partial charge on any atom is 0.233 e. The Balaban J connectivity index is 1.06. The smallest absolute Gasteiger partial charge is 0.233 e. The van der Waals surface area contributed by atoms with Crippen LogP contribution < -0.4 is 4.74 Å². The van der Waals surface area contributed by atoms with Crippen molar-refractivity contribution < 1.29 is 4.74 Å². The summed E-state index contributed by atoms with van der Waals surface area (Å²) in [4.78, 5) is 8.93. The fourth-order valence-corrected chi connectivity index (χ4v) is 5.22. The average Bonchev–Trinajstić information content (AvgIpc) is 3.32. The van der Waals surface area contributed by atoms with Crippen molar-refractivity contribution in [2.75, 3.05) is 19.7 Å². The lowest BCUT2D eigenvalue weighted by Gasteiger charge is -2.31. The normalized spacial score (nSPS) is 21.1. The Morgan fingerprint density at radius 3 is 2.69 bits per heavy atom. The van der Waals surface area contributed by atoms with Gasteiger partial charge >= 0.3 is 0 Å². The average molecular weight is 371 g/mol. The third kappa shape index (κ3) is 3.76. The standard InChI is InChI=1S/C20H26N4OS/c1-2-17-18(3-1)26-20(21-17)12-24-10-8-14(9-11-24)13-25-19-7-6-16(22-23-19)15-4-5-15/h6-7,14-15H,1-5,8-13H2. The summed E-state index contributed by atoms with van der Waals surface area (Å²) >= 11 is 1.94. The lowest BCUT2D eigenvalue weighted by molar-refractivity contribution is 0.134. The van der Waals surface area contributed by atoms with Gasteiger partial charge in [-0.05, 0) is 70.0 Å². The third-order valence-corrected chi connectivity index (χ3v) is 6.97. The van der Waals surface area contributed by atoms with Crippen LogP contribution in [0.1, 0.15) is 59.3 Å². The van der Waals surface area contributed by atoms with Gasteiger partial charge in [0, 0.05) is 16.9 Å². The molecule has 1 aliphatic heterocycles. The van der Waals surface area contributed by atoms with Crippen molar-refractivity contribution in [2.45, 2.75) is 57.4 Å². The Labute approximate surface area is 158 Å². The zero-order valence-corrected chi connectivity index (χ0v) is 16.0. The molecule has 0 unspecified atom stereocenters. The van der Waals surface area contributed by atoms with Crippen LogP contribution in [0.5, 0.6) is 5.88 Å². The molecule has 0 N–H and O–H groups in total. The van der Waals surface area contributed by atoms with Gasteiger partial charge in [-0.2, -0.15) is 5.10 Å². The number of fused-ring (bicyclic) bond motifs is 1. The number of aromatic nitrogens is 3. The number of rotatable bonds is 6. The van der Waals surface area contributed by atoms with Gasteiger partial charge in [-0.3, -0.25) is 4.90 Å². The Hall–Kier alpha value is -1.53. The van der Waals surface area contributed by atoms with Gasteiger partial charge in [-0.15, -0.1) is 16.4 Å². The van der Waals surface area contributed by atoms with E-state index in [4.69, 9.17) is 9.72 Å².